The molecule has 3 nitrogen and oxygen atoms in total. The van der Waals surface area contributed by atoms with E-state index in [9.17, 15) is 0 Å². The zero-order chi connectivity index (χ0) is 13.2. The summed E-state index contributed by atoms with van der Waals surface area (Å²) < 4.78 is 6.28. The second-order valence-electron chi connectivity index (χ2n) is 4.63. The molecule has 0 amide bonds. The van der Waals surface area contributed by atoms with Gasteiger partial charge < -0.3 is 10.1 Å². The number of aromatic nitrogens is 1. The van der Waals surface area contributed by atoms with Crippen LogP contribution in [-0.2, 0) is 6.42 Å². The van der Waals surface area contributed by atoms with Gasteiger partial charge in [0.1, 0.15) is 0 Å². The summed E-state index contributed by atoms with van der Waals surface area (Å²) in [6.07, 6.45) is 4.04. The molecule has 3 rings (SSSR count). The molecule has 0 fully saturated rings. The molecule has 0 saturated heterocycles. The molecule has 1 aliphatic carbocycles. The molecule has 0 saturated carbocycles. The van der Waals surface area contributed by atoms with E-state index in [-0.39, 0.29) is 0 Å². The van der Waals surface area contributed by atoms with Gasteiger partial charge in [-0.25, -0.2) is 4.98 Å². The summed E-state index contributed by atoms with van der Waals surface area (Å²) in [5.74, 6) is 0.639. The number of nitrogens with one attached hydrogen (secondary N) is 1. The average molecular weight is 319 g/mol. The van der Waals surface area contributed by atoms with Crippen molar-refractivity contribution in [3.63, 3.8) is 0 Å². The van der Waals surface area contributed by atoms with Gasteiger partial charge in [-0.05, 0) is 36.1 Å². The molecule has 1 aliphatic rings. The Morgan fingerprint density at radius 3 is 2.95 bits per heavy atom. The zero-order valence-corrected chi connectivity index (χ0v) is 12.3. The third kappa shape index (κ3) is 2.45. The van der Waals surface area contributed by atoms with E-state index >= 15 is 0 Å². The highest BCUT2D eigenvalue weighted by molar-refractivity contribution is 9.10. The normalized spacial score (nSPS) is 17.1. The van der Waals surface area contributed by atoms with Crippen molar-refractivity contribution < 1.29 is 4.74 Å². The molecule has 0 radical (unpaired) electrons. The van der Waals surface area contributed by atoms with Crippen LogP contribution in [-0.4, -0.2) is 12.1 Å². The van der Waals surface area contributed by atoms with Crippen LogP contribution in [0.1, 0.15) is 23.6 Å². The Morgan fingerprint density at radius 2 is 2.21 bits per heavy atom. The van der Waals surface area contributed by atoms with Crippen LogP contribution in [0.3, 0.4) is 0 Å². The van der Waals surface area contributed by atoms with E-state index in [1.54, 1.807) is 7.11 Å². The predicted molar refractivity (Wildman–Crippen MR) is 79.6 cm³/mol. The molecule has 0 spiro atoms. The van der Waals surface area contributed by atoms with Crippen molar-refractivity contribution in [2.45, 2.75) is 18.9 Å². The Morgan fingerprint density at radius 1 is 1.32 bits per heavy atom. The first-order valence-electron chi connectivity index (χ1n) is 6.32. The molecule has 4 heteroatoms. The fourth-order valence-electron chi connectivity index (χ4n) is 2.55. The topological polar surface area (TPSA) is 34.1 Å². The standard InChI is InChI=1S/C15H15BrN2O/c1-19-15-8-5-10(9-17-15)18-14-7-6-11-12(14)3-2-4-13(11)16/h2-5,8-9,14,18H,6-7H2,1H3. The lowest BCUT2D eigenvalue weighted by molar-refractivity contribution is 0.398. The number of ether oxygens (including phenoxy) is 1. The lowest BCUT2D eigenvalue weighted by Gasteiger charge is -2.15. The fourth-order valence-corrected chi connectivity index (χ4v) is 3.13. The third-order valence-corrected chi connectivity index (χ3v) is 4.24. The van der Waals surface area contributed by atoms with Crippen LogP contribution < -0.4 is 10.1 Å². The monoisotopic (exact) mass is 318 g/mol. The number of anilines is 1. The number of pyridine rings is 1. The molecule has 1 atom stereocenters. The number of halogens is 1. The summed E-state index contributed by atoms with van der Waals surface area (Å²) in [6, 6.07) is 10.6. The van der Waals surface area contributed by atoms with E-state index in [1.165, 1.54) is 15.6 Å². The molecule has 0 bridgehead atoms. The zero-order valence-electron chi connectivity index (χ0n) is 10.7. The lowest BCUT2D eigenvalue weighted by Crippen LogP contribution is -2.07. The number of nitrogens with zero attached hydrogens (tertiary/aromatic N) is 1. The number of benzene rings is 1. The smallest absolute Gasteiger partial charge is 0.213 e. The third-order valence-electron chi connectivity index (χ3n) is 3.50. The van der Waals surface area contributed by atoms with Gasteiger partial charge in [0.15, 0.2) is 0 Å². The first-order chi connectivity index (χ1) is 9.28. The molecule has 1 unspecified atom stereocenters. The fraction of sp³-hybridized carbons (Fsp3) is 0.267. The highest BCUT2D eigenvalue weighted by Crippen LogP contribution is 2.37. The average Bonchev–Trinajstić information content (AvgIpc) is 2.84. The van der Waals surface area contributed by atoms with Crippen LogP contribution in [0, 0.1) is 0 Å². The Labute approximate surface area is 121 Å². The minimum Gasteiger partial charge on any atom is -0.481 e. The quantitative estimate of drug-likeness (QED) is 0.930. The molecule has 1 aromatic carbocycles. The first kappa shape index (κ1) is 12.5. The lowest BCUT2D eigenvalue weighted by atomic mass is 10.1. The van der Waals surface area contributed by atoms with E-state index in [0.29, 0.717) is 11.9 Å². The number of methoxy groups -OCH3 is 1. The molecule has 0 aliphatic heterocycles. The SMILES string of the molecule is COc1ccc(NC2CCc3c(Br)cccc32)cn1. The Balaban J connectivity index is 1.80. The van der Waals surface area contributed by atoms with Gasteiger partial charge in [-0.2, -0.15) is 0 Å². The van der Waals surface area contributed by atoms with Gasteiger partial charge in [0.25, 0.3) is 0 Å². The van der Waals surface area contributed by atoms with Crippen molar-refractivity contribution in [1.29, 1.82) is 0 Å². The predicted octanol–water partition coefficient (Wildman–Crippen LogP) is 3.95. The van der Waals surface area contributed by atoms with Crippen LogP contribution in [0.25, 0.3) is 0 Å². The van der Waals surface area contributed by atoms with Gasteiger partial charge >= 0.3 is 0 Å². The summed E-state index contributed by atoms with van der Waals surface area (Å²) in [5, 5.41) is 3.54. The highest BCUT2D eigenvalue weighted by Gasteiger charge is 2.23. The Hall–Kier alpha value is -1.55. The minimum absolute atomic E-state index is 0.364. The summed E-state index contributed by atoms with van der Waals surface area (Å²) in [7, 11) is 1.63. The van der Waals surface area contributed by atoms with E-state index in [1.807, 2.05) is 18.3 Å². The summed E-state index contributed by atoms with van der Waals surface area (Å²) in [5.41, 5.74) is 3.82. The highest BCUT2D eigenvalue weighted by atomic mass is 79.9. The summed E-state index contributed by atoms with van der Waals surface area (Å²) in [4.78, 5) is 4.22. The van der Waals surface area contributed by atoms with Gasteiger partial charge in [0.2, 0.25) is 5.88 Å². The maximum Gasteiger partial charge on any atom is 0.213 e. The van der Waals surface area contributed by atoms with Crippen molar-refractivity contribution in [2.24, 2.45) is 0 Å². The molecule has 1 aromatic heterocycles. The van der Waals surface area contributed by atoms with Crippen molar-refractivity contribution >= 4 is 21.6 Å². The molecular weight excluding hydrogens is 304 g/mol. The van der Waals surface area contributed by atoms with Crippen LogP contribution >= 0.6 is 15.9 Å². The van der Waals surface area contributed by atoms with Crippen LogP contribution in [0.4, 0.5) is 5.69 Å². The van der Waals surface area contributed by atoms with Crippen molar-refractivity contribution in [3.05, 3.63) is 52.1 Å². The number of fused-ring (bicyclic) bond motifs is 1. The van der Waals surface area contributed by atoms with Crippen molar-refractivity contribution in [2.75, 3.05) is 12.4 Å². The van der Waals surface area contributed by atoms with Crippen LogP contribution in [0.15, 0.2) is 41.0 Å². The first-order valence-corrected chi connectivity index (χ1v) is 7.11. The second kappa shape index (κ2) is 5.21. The molecular formula is C15H15BrN2O. The van der Waals surface area contributed by atoms with E-state index in [0.717, 1.165) is 18.5 Å². The van der Waals surface area contributed by atoms with Crippen LogP contribution in [0.5, 0.6) is 5.88 Å². The number of rotatable bonds is 3. The van der Waals surface area contributed by atoms with Gasteiger partial charge in [0, 0.05) is 10.5 Å². The molecule has 1 N–H and O–H groups in total. The minimum atomic E-state index is 0.364. The van der Waals surface area contributed by atoms with Gasteiger partial charge in [-0.3, -0.25) is 0 Å². The van der Waals surface area contributed by atoms with Gasteiger partial charge in [-0.1, -0.05) is 28.1 Å². The molecule has 2 aromatic rings. The molecule has 98 valence electrons. The van der Waals surface area contributed by atoms with Gasteiger partial charge in [0.05, 0.1) is 25.0 Å². The maximum atomic E-state index is 5.07. The van der Waals surface area contributed by atoms with Crippen molar-refractivity contribution in [1.82, 2.24) is 4.98 Å². The van der Waals surface area contributed by atoms with Gasteiger partial charge in [-0.15, -0.1) is 0 Å². The maximum absolute atomic E-state index is 5.07. The van der Waals surface area contributed by atoms with Crippen molar-refractivity contribution in [3.8, 4) is 5.88 Å². The Kier molecular flexibility index (Phi) is 3.42. The second-order valence-corrected chi connectivity index (χ2v) is 5.49. The van der Waals surface area contributed by atoms with Crippen LogP contribution in [0.2, 0.25) is 0 Å². The van der Waals surface area contributed by atoms with E-state index < -0.39 is 0 Å². The largest absolute Gasteiger partial charge is 0.481 e. The molecule has 1 heterocycles. The number of hydrogen-bond acceptors (Lipinski definition) is 3. The van der Waals surface area contributed by atoms with E-state index in [2.05, 4.69) is 44.4 Å². The molecule has 19 heavy (non-hydrogen) atoms. The Bertz CT molecular complexity index is 583. The summed E-state index contributed by atoms with van der Waals surface area (Å²) >= 11 is 3.62. The summed E-state index contributed by atoms with van der Waals surface area (Å²) in [6.45, 7) is 0. The van der Waals surface area contributed by atoms with E-state index in [4.69, 9.17) is 4.74 Å². The number of hydrogen-bond donors (Lipinski definition) is 1.